The van der Waals surface area contributed by atoms with Crippen LogP contribution in [0.2, 0.25) is 0 Å². The normalized spacial score (nSPS) is 14.1. The molecule has 1 atom stereocenters. The number of rotatable bonds is 7. The van der Waals surface area contributed by atoms with Gasteiger partial charge in [0.1, 0.15) is 5.78 Å². The summed E-state index contributed by atoms with van der Waals surface area (Å²) < 4.78 is 0. The van der Waals surface area contributed by atoms with Gasteiger partial charge in [0.05, 0.1) is 0 Å². The zero-order valence-corrected chi connectivity index (χ0v) is 10.9. The summed E-state index contributed by atoms with van der Waals surface area (Å²) in [6, 6.07) is 0. The first kappa shape index (κ1) is 14.4. The Bertz CT molecular complexity index is 201. The average molecular weight is 210 g/mol. The van der Waals surface area contributed by atoms with Gasteiger partial charge in [0, 0.05) is 12.8 Å². The van der Waals surface area contributed by atoms with Crippen molar-refractivity contribution in [3.8, 4) is 0 Å². The van der Waals surface area contributed by atoms with Gasteiger partial charge in [-0.05, 0) is 24.2 Å². The predicted molar refractivity (Wildman–Crippen MR) is 66.8 cm³/mol. The van der Waals surface area contributed by atoms with Crippen molar-refractivity contribution in [1.82, 2.24) is 0 Å². The molecular weight excluding hydrogens is 184 g/mol. The number of hydrogen-bond acceptors (Lipinski definition) is 1. The van der Waals surface area contributed by atoms with Gasteiger partial charge >= 0.3 is 0 Å². The van der Waals surface area contributed by atoms with Crippen molar-refractivity contribution in [2.75, 3.05) is 0 Å². The molecule has 0 aliphatic carbocycles. The van der Waals surface area contributed by atoms with Crippen LogP contribution >= 0.6 is 0 Å². The molecule has 88 valence electrons. The third-order valence-corrected chi connectivity index (χ3v) is 2.26. The number of allylic oxidation sites excluding steroid dienone is 2. The summed E-state index contributed by atoms with van der Waals surface area (Å²) in [4.78, 5) is 11.5. The summed E-state index contributed by atoms with van der Waals surface area (Å²) in [6.07, 6.45) is 6.92. The highest BCUT2D eigenvalue weighted by Gasteiger charge is 2.08. The SMILES string of the molecule is CC(C)C/C=C\[C@@H](C)CC(=O)CC(C)C. The van der Waals surface area contributed by atoms with E-state index in [1.54, 1.807) is 0 Å². The Labute approximate surface area is 95.0 Å². The molecule has 0 bridgehead atoms. The average Bonchev–Trinajstić information content (AvgIpc) is 2.00. The fourth-order valence-electron chi connectivity index (χ4n) is 1.55. The lowest BCUT2D eigenvalue weighted by molar-refractivity contribution is -0.120. The van der Waals surface area contributed by atoms with Crippen molar-refractivity contribution in [2.24, 2.45) is 17.8 Å². The molecule has 0 rings (SSSR count). The lowest BCUT2D eigenvalue weighted by Gasteiger charge is -2.07. The van der Waals surface area contributed by atoms with Crippen LogP contribution in [-0.4, -0.2) is 5.78 Å². The first-order valence-corrected chi connectivity index (χ1v) is 6.10. The molecule has 0 aromatic heterocycles. The minimum absolute atomic E-state index is 0.395. The molecule has 0 saturated carbocycles. The molecule has 0 spiro atoms. The van der Waals surface area contributed by atoms with Gasteiger partial charge in [-0.1, -0.05) is 46.8 Å². The van der Waals surface area contributed by atoms with Crippen LogP contribution in [0.5, 0.6) is 0 Å². The summed E-state index contributed by atoms with van der Waals surface area (Å²) in [5.41, 5.74) is 0. The van der Waals surface area contributed by atoms with Gasteiger partial charge in [0.2, 0.25) is 0 Å². The molecule has 0 aliphatic heterocycles. The second-order valence-corrected chi connectivity index (χ2v) is 5.38. The van der Waals surface area contributed by atoms with Crippen LogP contribution in [0.25, 0.3) is 0 Å². The number of Topliss-reactive ketones (excluding diaryl/α,β-unsaturated/α-hetero) is 1. The van der Waals surface area contributed by atoms with Gasteiger partial charge in [-0.3, -0.25) is 4.79 Å². The zero-order chi connectivity index (χ0) is 11.8. The summed E-state index contributed by atoms with van der Waals surface area (Å²) in [7, 11) is 0. The molecule has 0 fully saturated rings. The minimum Gasteiger partial charge on any atom is -0.300 e. The van der Waals surface area contributed by atoms with Crippen LogP contribution in [0.1, 0.15) is 53.9 Å². The fourth-order valence-corrected chi connectivity index (χ4v) is 1.55. The van der Waals surface area contributed by atoms with Crippen molar-refractivity contribution in [1.29, 1.82) is 0 Å². The quantitative estimate of drug-likeness (QED) is 0.575. The maximum absolute atomic E-state index is 11.5. The van der Waals surface area contributed by atoms with E-state index in [-0.39, 0.29) is 0 Å². The monoisotopic (exact) mass is 210 g/mol. The van der Waals surface area contributed by atoms with Crippen LogP contribution in [0, 0.1) is 17.8 Å². The van der Waals surface area contributed by atoms with E-state index in [0.717, 1.165) is 12.8 Å². The van der Waals surface area contributed by atoms with E-state index < -0.39 is 0 Å². The van der Waals surface area contributed by atoms with Gasteiger partial charge in [-0.2, -0.15) is 0 Å². The maximum atomic E-state index is 11.5. The topological polar surface area (TPSA) is 17.1 Å². The standard InChI is InChI=1S/C14H26O/c1-11(2)7-6-8-13(5)10-14(15)9-12(3)4/h6,8,11-13H,7,9-10H2,1-5H3/b8-6-/t13-/m1/s1. The molecule has 0 amide bonds. The third kappa shape index (κ3) is 9.71. The molecule has 0 aliphatic rings. The Hall–Kier alpha value is -0.590. The molecule has 15 heavy (non-hydrogen) atoms. The predicted octanol–water partition coefficient (Wildman–Crippen LogP) is 4.23. The van der Waals surface area contributed by atoms with E-state index in [1.807, 2.05) is 0 Å². The number of hydrogen-bond donors (Lipinski definition) is 0. The third-order valence-electron chi connectivity index (χ3n) is 2.26. The molecular formula is C14H26O. The van der Waals surface area contributed by atoms with Crippen LogP contribution < -0.4 is 0 Å². The molecule has 0 radical (unpaired) electrons. The minimum atomic E-state index is 0.395. The summed E-state index contributed by atoms with van der Waals surface area (Å²) >= 11 is 0. The summed E-state index contributed by atoms with van der Waals surface area (Å²) in [5, 5.41) is 0. The van der Waals surface area contributed by atoms with E-state index >= 15 is 0 Å². The number of ketones is 1. The van der Waals surface area contributed by atoms with Crippen molar-refractivity contribution in [2.45, 2.75) is 53.9 Å². The Morgan fingerprint density at radius 3 is 2.07 bits per heavy atom. The Morgan fingerprint density at radius 1 is 1.00 bits per heavy atom. The highest BCUT2D eigenvalue weighted by Crippen LogP contribution is 2.11. The molecule has 0 aromatic rings. The first-order chi connectivity index (χ1) is 6.91. The van der Waals surface area contributed by atoms with Crippen LogP contribution in [0.3, 0.4) is 0 Å². The smallest absolute Gasteiger partial charge is 0.133 e. The maximum Gasteiger partial charge on any atom is 0.133 e. The molecule has 0 heterocycles. The highest BCUT2D eigenvalue weighted by atomic mass is 16.1. The Balaban J connectivity index is 3.77. The van der Waals surface area contributed by atoms with Gasteiger partial charge in [-0.25, -0.2) is 0 Å². The molecule has 0 saturated heterocycles. The Morgan fingerprint density at radius 2 is 1.60 bits per heavy atom. The fraction of sp³-hybridized carbons (Fsp3) is 0.786. The number of carbonyl (C=O) groups excluding carboxylic acids is 1. The van der Waals surface area contributed by atoms with E-state index in [2.05, 4.69) is 46.8 Å². The van der Waals surface area contributed by atoms with E-state index in [1.165, 1.54) is 0 Å². The zero-order valence-electron chi connectivity index (χ0n) is 10.9. The van der Waals surface area contributed by atoms with Gasteiger partial charge in [0.15, 0.2) is 0 Å². The van der Waals surface area contributed by atoms with Gasteiger partial charge < -0.3 is 0 Å². The van der Waals surface area contributed by atoms with Crippen molar-refractivity contribution in [3.63, 3.8) is 0 Å². The van der Waals surface area contributed by atoms with E-state index in [0.29, 0.717) is 30.0 Å². The van der Waals surface area contributed by atoms with Gasteiger partial charge in [-0.15, -0.1) is 0 Å². The second kappa shape index (κ2) is 7.67. The van der Waals surface area contributed by atoms with Crippen molar-refractivity contribution < 1.29 is 4.79 Å². The number of carbonyl (C=O) groups is 1. The van der Waals surface area contributed by atoms with E-state index in [4.69, 9.17) is 0 Å². The molecule has 0 N–H and O–H groups in total. The summed E-state index contributed by atoms with van der Waals surface area (Å²) in [6.45, 7) is 10.7. The van der Waals surface area contributed by atoms with E-state index in [9.17, 15) is 4.79 Å². The molecule has 0 aromatic carbocycles. The Kier molecular flexibility index (Phi) is 7.37. The van der Waals surface area contributed by atoms with Gasteiger partial charge in [0.25, 0.3) is 0 Å². The van der Waals surface area contributed by atoms with Crippen molar-refractivity contribution >= 4 is 5.78 Å². The second-order valence-electron chi connectivity index (χ2n) is 5.38. The molecule has 1 heteroatoms. The lowest BCUT2D eigenvalue weighted by Crippen LogP contribution is -2.06. The van der Waals surface area contributed by atoms with Crippen molar-refractivity contribution in [3.05, 3.63) is 12.2 Å². The largest absolute Gasteiger partial charge is 0.300 e. The van der Waals surface area contributed by atoms with Crippen LogP contribution in [0.4, 0.5) is 0 Å². The first-order valence-electron chi connectivity index (χ1n) is 6.10. The lowest BCUT2D eigenvalue weighted by atomic mass is 9.97. The molecule has 1 nitrogen and oxygen atoms in total. The summed E-state index contributed by atoms with van der Waals surface area (Å²) in [5.74, 6) is 1.99. The highest BCUT2D eigenvalue weighted by molar-refractivity contribution is 5.78. The van der Waals surface area contributed by atoms with Crippen LogP contribution in [-0.2, 0) is 4.79 Å². The molecule has 0 unspecified atom stereocenters. The van der Waals surface area contributed by atoms with Crippen LogP contribution in [0.15, 0.2) is 12.2 Å².